The topological polar surface area (TPSA) is 90.2 Å². The van der Waals surface area contributed by atoms with Gasteiger partial charge < -0.3 is 25.2 Å². The summed E-state index contributed by atoms with van der Waals surface area (Å²) in [6.45, 7) is -0.651. The highest BCUT2D eigenvalue weighted by molar-refractivity contribution is 4.88. The van der Waals surface area contributed by atoms with Crippen LogP contribution in [0.15, 0.2) is 0 Å². The molecule has 0 aromatic carbocycles. The summed E-state index contributed by atoms with van der Waals surface area (Å²) >= 11 is 0. The summed E-state index contributed by atoms with van der Waals surface area (Å²) in [6, 6.07) is 0. The average Bonchev–Trinajstić information content (AvgIpc) is 2.08. The van der Waals surface area contributed by atoms with Crippen molar-refractivity contribution in [1.82, 2.24) is 0 Å². The molecule has 4 N–H and O–H groups in total. The maximum absolute atomic E-state index is 12.9. The van der Waals surface area contributed by atoms with Gasteiger partial charge in [-0.05, 0) is 0 Å². The van der Waals surface area contributed by atoms with Crippen LogP contribution in [0.1, 0.15) is 0 Å². The van der Waals surface area contributed by atoms with Crippen LogP contribution in [0.2, 0.25) is 0 Å². The van der Waals surface area contributed by atoms with Crippen molar-refractivity contribution >= 4 is 0 Å². The molecule has 5 nitrogen and oxygen atoms in total. The summed E-state index contributed by atoms with van der Waals surface area (Å²) in [5, 5.41) is 35.2. The van der Waals surface area contributed by atoms with Crippen LogP contribution in [0.5, 0.6) is 0 Å². The molecule has 72 valence electrons. The minimum Gasteiger partial charge on any atom is -0.394 e. The monoisotopic (exact) mass is 182 g/mol. The minimum atomic E-state index is -1.88. The molecule has 0 amide bonds. The van der Waals surface area contributed by atoms with E-state index in [4.69, 9.17) is 20.4 Å². The van der Waals surface area contributed by atoms with Gasteiger partial charge in [-0.25, -0.2) is 4.39 Å². The Bertz CT molecular complexity index is 150. The number of alkyl halides is 1. The van der Waals surface area contributed by atoms with Crippen LogP contribution >= 0.6 is 0 Å². The lowest BCUT2D eigenvalue weighted by Gasteiger charge is -2.36. The lowest BCUT2D eigenvalue weighted by Crippen LogP contribution is -2.56. The van der Waals surface area contributed by atoms with E-state index in [0.29, 0.717) is 0 Å². The highest BCUT2D eigenvalue weighted by atomic mass is 19.1. The molecule has 0 bridgehead atoms. The highest BCUT2D eigenvalue weighted by Gasteiger charge is 2.43. The molecule has 1 rings (SSSR count). The molecule has 0 spiro atoms. The predicted octanol–water partition coefficient (Wildman–Crippen LogP) is -2.24. The van der Waals surface area contributed by atoms with E-state index in [1.807, 2.05) is 0 Å². The third kappa shape index (κ3) is 1.57. The zero-order valence-electron chi connectivity index (χ0n) is 6.17. The first-order valence-electron chi connectivity index (χ1n) is 3.52. The van der Waals surface area contributed by atoms with Gasteiger partial charge in [-0.2, -0.15) is 0 Å². The van der Waals surface area contributed by atoms with Gasteiger partial charge in [-0.15, -0.1) is 0 Å². The fourth-order valence-corrected chi connectivity index (χ4v) is 1.06. The van der Waals surface area contributed by atoms with Crippen LogP contribution in [0.3, 0.4) is 0 Å². The van der Waals surface area contributed by atoms with Crippen molar-refractivity contribution in [3.8, 4) is 0 Å². The molecule has 0 aliphatic carbocycles. The molecule has 1 fully saturated rings. The van der Waals surface area contributed by atoms with Crippen molar-refractivity contribution in [3.05, 3.63) is 0 Å². The Hall–Kier alpha value is -0.270. The van der Waals surface area contributed by atoms with E-state index in [2.05, 4.69) is 4.74 Å². The molecular formula is C6H11FO5. The fourth-order valence-electron chi connectivity index (χ4n) is 1.06. The van der Waals surface area contributed by atoms with Crippen molar-refractivity contribution in [2.45, 2.75) is 30.8 Å². The Morgan fingerprint density at radius 3 is 2.25 bits per heavy atom. The van der Waals surface area contributed by atoms with E-state index >= 15 is 0 Å². The second-order valence-electron chi connectivity index (χ2n) is 2.67. The average molecular weight is 182 g/mol. The smallest absolute Gasteiger partial charge is 0.184 e. The van der Waals surface area contributed by atoms with E-state index in [1.54, 1.807) is 0 Å². The lowest BCUT2D eigenvalue weighted by molar-refractivity contribution is -0.274. The molecule has 1 aliphatic heterocycles. The lowest BCUT2D eigenvalue weighted by atomic mass is 10.0. The Morgan fingerprint density at radius 1 is 1.17 bits per heavy atom. The van der Waals surface area contributed by atoms with E-state index in [0.717, 1.165) is 0 Å². The Kier molecular flexibility index (Phi) is 2.97. The van der Waals surface area contributed by atoms with Crippen LogP contribution < -0.4 is 0 Å². The SMILES string of the molecule is OC[C@@H]1O[C@H](O)[C@H](O)[C@@H](O)[C@H]1F. The summed E-state index contributed by atoms with van der Waals surface area (Å²) in [6.07, 6.45) is -8.19. The van der Waals surface area contributed by atoms with E-state index in [1.165, 1.54) is 0 Å². The van der Waals surface area contributed by atoms with Gasteiger partial charge in [0.25, 0.3) is 0 Å². The first-order valence-corrected chi connectivity index (χ1v) is 3.52. The largest absolute Gasteiger partial charge is 0.394 e. The highest BCUT2D eigenvalue weighted by Crippen LogP contribution is 2.21. The molecule has 1 aliphatic rings. The Labute approximate surface area is 68.0 Å². The number of halogens is 1. The van der Waals surface area contributed by atoms with Crippen LogP contribution in [-0.2, 0) is 4.74 Å². The summed E-state index contributed by atoms with van der Waals surface area (Å²) in [7, 11) is 0. The Morgan fingerprint density at radius 2 is 1.75 bits per heavy atom. The molecule has 0 saturated carbocycles. The van der Waals surface area contributed by atoms with Gasteiger partial charge in [0.2, 0.25) is 0 Å². The van der Waals surface area contributed by atoms with Crippen LogP contribution in [0.25, 0.3) is 0 Å². The van der Waals surface area contributed by atoms with Gasteiger partial charge in [-0.1, -0.05) is 0 Å². The molecule has 1 saturated heterocycles. The Balaban J connectivity index is 2.63. The van der Waals surface area contributed by atoms with Gasteiger partial charge >= 0.3 is 0 Å². The standard InChI is InChI=1S/C6H11FO5/c7-3-2(1-8)12-6(11)5(10)4(3)9/h2-6,8-11H,1H2/t2-,3-,4-,5+,6-/m0/s1. The molecule has 12 heavy (non-hydrogen) atoms. The summed E-state index contributed by atoms with van der Waals surface area (Å²) in [5.74, 6) is 0. The number of rotatable bonds is 1. The first-order chi connectivity index (χ1) is 5.57. The van der Waals surface area contributed by atoms with E-state index in [-0.39, 0.29) is 0 Å². The van der Waals surface area contributed by atoms with Crippen molar-refractivity contribution in [3.63, 3.8) is 0 Å². The molecule has 5 atom stereocenters. The van der Waals surface area contributed by atoms with Gasteiger partial charge in [-0.3, -0.25) is 0 Å². The van der Waals surface area contributed by atoms with Gasteiger partial charge in [0, 0.05) is 0 Å². The maximum Gasteiger partial charge on any atom is 0.184 e. The van der Waals surface area contributed by atoms with Gasteiger partial charge in [0.05, 0.1) is 6.61 Å². The normalized spacial score (nSPS) is 49.2. The number of aliphatic hydroxyl groups is 4. The second kappa shape index (κ2) is 3.63. The first kappa shape index (κ1) is 9.82. The molecule has 0 aromatic heterocycles. The molecule has 0 radical (unpaired) electrons. The molecule has 0 unspecified atom stereocenters. The van der Waals surface area contributed by atoms with E-state index < -0.39 is 37.4 Å². The summed E-state index contributed by atoms with van der Waals surface area (Å²) in [5.41, 5.74) is 0. The van der Waals surface area contributed by atoms with Crippen molar-refractivity contribution < 1.29 is 29.6 Å². The second-order valence-corrected chi connectivity index (χ2v) is 2.67. The third-order valence-electron chi connectivity index (χ3n) is 1.82. The summed E-state index contributed by atoms with van der Waals surface area (Å²) in [4.78, 5) is 0. The molecule has 1 heterocycles. The number of hydrogen-bond acceptors (Lipinski definition) is 5. The molecular weight excluding hydrogens is 171 g/mol. The van der Waals surface area contributed by atoms with Crippen molar-refractivity contribution in [2.75, 3.05) is 6.61 Å². The van der Waals surface area contributed by atoms with Gasteiger partial charge in [0.1, 0.15) is 18.3 Å². The van der Waals surface area contributed by atoms with Crippen LogP contribution in [0, 0.1) is 0 Å². The molecule has 6 heteroatoms. The molecule has 0 aromatic rings. The van der Waals surface area contributed by atoms with Crippen LogP contribution in [-0.4, -0.2) is 57.8 Å². The quantitative estimate of drug-likeness (QED) is 0.368. The van der Waals surface area contributed by atoms with Crippen molar-refractivity contribution in [1.29, 1.82) is 0 Å². The minimum absolute atomic E-state index is 0.651. The van der Waals surface area contributed by atoms with E-state index in [9.17, 15) is 4.39 Å². The number of ether oxygens (including phenoxy) is 1. The predicted molar refractivity (Wildman–Crippen MR) is 34.9 cm³/mol. The fraction of sp³-hybridized carbons (Fsp3) is 1.00. The van der Waals surface area contributed by atoms with Crippen molar-refractivity contribution in [2.24, 2.45) is 0 Å². The number of aliphatic hydroxyl groups excluding tert-OH is 4. The zero-order chi connectivity index (χ0) is 9.30. The summed E-state index contributed by atoms with van der Waals surface area (Å²) < 4.78 is 17.3. The third-order valence-corrected chi connectivity index (χ3v) is 1.82. The number of hydrogen-bond donors (Lipinski definition) is 4. The van der Waals surface area contributed by atoms with Crippen LogP contribution in [0.4, 0.5) is 4.39 Å². The maximum atomic E-state index is 12.9. The zero-order valence-corrected chi connectivity index (χ0v) is 6.17. The van der Waals surface area contributed by atoms with Gasteiger partial charge in [0.15, 0.2) is 12.5 Å².